The molecule has 0 saturated heterocycles. The third kappa shape index (κ3) is 2.62. The fourth-order valence-electron chi connectivity index (χ4n) is 0.559. The summed E-state index contributed by atoms with van der Waals surface area (Å²) in [5.74, 6) is 0.746. The Morgan fingerprint density at radius 2 is 2.50 bits per heavy atom. The van der Waals surface area contributed by atoms with Crippen LogP contribution in [0.1, 0.15) is 0 Å². The van der Waals surface area contributed by atoms with Crippen molar-refractivity contribution >= 4 is 23.4 Å². The van der Waals surface area contributed by atoms with Crippen LogP contribution < -0.4 is 0 Å². The van der Waals surface area contributed by atoms with Crippen molar-refractivity contribution in [1.82, 2.24) is 20.2 Å². The second-order valence-corrected chi connectivity index (χ2v) is 3.50. The molecule has 0 bridgehead atoms. The molecule has 12 heavy (non-hydrogen) atoms. The summed E-state index contributed by atoms with van der Waals surface area (Å²) in [6.45, 7) is 0. The maximum Gasteiger partial charge on any atom is 0.209 e. The zero-order valence-electron chi connectivity index (χ0n) is 6.51. The zero-order valence-corrected chi connectivity index (χ0v) is 8.09. The van der Waals surface area contributed by atoms with Crippen molar-refractivity contribution in [2.24, 2.45) is 7.05 Å². The van der Waals surface area contributed by atoms with Crippen molar-refractivity contribution in [3.05, 3.63) is 0 Å². The number of tetrazole rings is 1. The van der Waals surface area contributed by atoms with E-state index in [0.29, 0.717) is 10.9 Å². The first-order chi connectivity index (χ1) is 5.74. The Kier molecular flexibility index (Phi) is 3.77. The van der Waals surface area contributed by atoms with E-state index in [1.807, 2.05) is 0 Å². The smallest absolute Gasteiger partial charge is 0.209 e. The number of nitrogens with zero attached hydrogens (tertiary/aromatic N) is 4. The quantitative estimate of drug-likeness (QED) is 0.553. The highest BCUT2D eigenvalue weighted by atomic mass is 35.5. The minimum absolute atomic E-state index is 0.234. The maximum atomic E-state index is 9.12. The van der Waals surface area contributed by atoms with E-state index >= 15 is 0 Å². The number of halogens is 1. The molecule has 0 saturated carbocycles. The molecular formula is C5H9ClN4OS. The predicted octanol–water partition coefficient (Wildman–Crippen LogP) is -0.0981. The standard InChI is InChI=1S/C5H9ClN4OS/c1-10-5(7-8-9-10)12-3-4(11)2-6/h4,11H,2-3H2,1H3. The van der Waals surface area contributed by atoms with Crippen LogP contribution in [-0.2, 0) is 7.05 Å². The van der Waals surface area contributed by atoms with E-state index in [9.17, 15) is 0 Å². The summed E-state index contributed by atoms with van der Waals surface area (Å²) in [5, 5.41) is 20.6. The number of rotatable bonds is 4. The van der Waals surface area contributed by atoms with Crippen LogP contribution in [0.25, 0.3) is 0 Å². The van der Waals surface area contributed by atoms with E-state index in [0.717, 1.165) is 0 Å². The highest BCUT2D eigenvalue weighted by Gasteiger charge is 2.06. The van der Waals surface area contributed by atoms with Crippen molar-refractivity contribution < 1.29 is 5.11 Å². The second kappa shape index (κ2) is 4.64. The monoisotopic (exact) mass is 208 g/mol. The number of hydrogen-bond donors (Lipinski definition) is 1. The number of alkyl halides is 1. The third-order valence-corrected chi connectivity index (χ3v) is 2.68. The van der Waals surface area contributed by atoms with Gasteiger partial charge in [-0.3, -0.25) is 0 Å². The summed E-state index contributed by atoms with van der Waals surface area (Å²) in [6, 6.07) is 0. The average molecular weight is 209 g/mol. The Morgan fingerprint density at radius 3 is 3.00 bits per heavy atom. The van der Waals surface area contributed by atoms with Crippen LogP contribution in [0.2, 0.25) is 0 Å². The van der Waals surface area contributed by atoms with Crippen LogP contribution in [0, 0.1) is 0 Å². The van der Waals surface area contributed by atoms with Crippen molar-refractivity contribution in [2.75, 3.05) is 11.6 Å². The zero-order chi connectivity index (χ0) is 8.97. The van der Waals surface area contributed by atoms with Crippen LogP contribution in [-0.4, -0.2) is 43.1 Å². The lowest BCUT2D eigenvalue weighted by atomic mass is 10.5. The van der Waals surface area contributed by atoms with E-state index in [4.69, 9.17) is 16.7 Å². The molecule has 0 aromatic carbocycles. The first-order valence-electron chi connectivity index (χ1n) is 3.33. The topological polar surface area (TPSA) is 63.8 Å². The molecule has 1 atom stereocenters. The van der Waals surface area contributed by atoms with Gasteiger partial charge in [-0.1, -0.05) is 11.8 Å². The molecule has 0 radical (unpaired) electrons. The molecular weight excluding hydrogens is 200 g/mol. The maximum absolute atomic E-state index is 9.12. The number of aliphatic hydroxyl groups excluding tert-OH is 1. The molecule has 0 amide bonds. The lowest BCUT2D eigenvalue weighted by molar-refractivity contribution is 0.223. The Morgan fingerprint density at radius 1 is 1.75 bits per heavy atom. The minimum Gasteiger partial charge on any atom is -0.391 e. The highest BCUT2D eigenvalue weighted by molar-refractivity contribution is 7.99. The molecule has 0 aliphatic carbocycles. The minimum atomic E-state index is -0.506. The van der Waals surface area contributed by atoms with Gasteiger partial charge in [0.1, 0.15) is 0 Å². The van der Waals surface area contributed by atoms with Gasteiger partial charge in [0.05, 0.1) is 6.10 Å². The predicted molar refractivity (Wildman–Crippen MR) is 46.2 cm³/mol. The number of aliphatic hydroxyl groups is 1. The van der Waals surface area contributed by atoms with E-state index in [1.54, 1.807) is 11.7 Å². The molecule has 0 aliphatic rings. The summed E-state index contributed by atoms with van der Waals surface area (Å²) in [5.41, 5.74) is 0. The second-order valence-electron chi connectivity index (χ2n) is 2.20. The van der Waals surface area contributed by atoms with Gasteiger partial charge < -0.3 is 5.11 Å². The Labute approximate surface area is 79.1 Å². The molecule has 0 aliphatic heterocycles. The first kappa shape index (κ1) is 9.76. The van der Waals surface area contributed by atoms with Gasteiger partial charge in [-0.2, -0.15) is 0 Å². The van der Waals surface area contributed by atoms with E-state index in [1.165, 1.54) is 11.8 Å². The molecule has 1 rings (SSSR count). The van der Waals surface area contributed by atoms with Crippen LogP contribution in [0.3, 0.4) is 0 Å². The summed E-state index contributed by atoms with van der Waals surface area (Å²) in [7, 11) is 1.75. The van der Waals surface area contributed by atoms with Crippen molar-refractivity contribution in [1.29, 1.82) is 0 Å². The van der Waals surface area contributed by atoms with Crippen LogP contribution in [0.15, 0.2) is 5.16 Å². The van der Waals surface area contributed by atoms with Gasteiger partial charge in [-0.05, 0) is 10.4 Å². The molecule has 7 heteroatoms. The molecule has 1 heterocycles. The Balaban J connectivity index is 2.38. The van der Waals surface area contributed by atoms with Gasteiger partial charge in [-0.15, -0.1) is 16.7 Å². The summed E-state index contributed by atoms with van der Waals surface area (Å²) >= 11 is 6.79. The molecule has 1 N–H and O–H groups in total. The largest absolute Gasteiger partial charge is 0.391 e. The SMILES string of the molecule is Cn1nnnc1SCC(O)CCl. The van der Waals surface area contributed by atoms with Gasteiger partial charge in [0.15, 0.2) is 0 Å². The van der Waals surface area contributed by atoms with Gasteiger partial charge >= 0.3 is 0 Å². The summed E-state index contributed by atoms with van der Waals surface area (Å²) in [4.78, 5) is 0. The molecule has 5 nitrogen and oxygen atoms in total. The Hall–Kier alpha value is -0.330. The fourth-order valence-corrected chi connectivity index (χ4v) is 1.57. The number of thioether (sulfide) groups is 1. The van der Waals surface area contributed by atoms with E-state index < -0.39 is 6.10 Å². The van der Waals surface area contributed by atoms with Gasteiger partial charge in [-0.25, -0.2) is 4.68 Å². The first-order valence-corrected chi connectivity index (χ1v) is 4.85. The molecule has 68 valence electrons. The summed E-state index contributed by atoms with van der Waals surface area (Å²) in [6.07, 6.45) is -0.506. The molecule has 1 unspecified atom stereocenters. The molecule has 0 fully saturated rings. The highest BCUT2D eigenvalue weighted by Crippen LogP contribution is 2.13. The molecule has 0 spiro atoms. The van der Waals surface area contributed by atoms with Gasteiger partial charge in [0, 0.05) is 18.7 Å². The molecule has 1 aromatic heterocycles. The van der Waals surface area contributed by atoms with Crippen molar-refractivity contribution in [3.63, 3.8) is 0 Å². The molecule has 1 aromatic rings. The van der Waals surface area contributed by atoms with Gasteiger partial charge in [0.25, 0.3) is 0 Å². The van der Waals surface area contributed by atoms with Crippen LogP contribution in [0.5, 0.6) is 0 Å². The average Bonchev–Trinajstić information content (AvgIpc) is 2.47. The van der Waals surface area contributed by atoms with Crippen molar-refractivity contribution in [2.45, 2.75) is 11.3 Å². The Bertz CT molecular complexity index is 243. The number of aromatic nitrogens is 4. The lowest BCUT2D eigenvalue weighted by Crippen LogP contribution is -2.11. The number of hydrogen-bond acceptors (Lipinski definition) is 5. The fraction of sp³-hybridized carbons (Fsp3) is 0.800. The van der Waals surface area contributed by atoms with Crippen LogP contribution >= 0.6 is 23.4 Å². The third-order valence-electron chi connectivity index (χ3n) is 1.16. The van der Waals surface area contributed by atoms with Crippen molar-refractivity contribution in [3.8, 4) is 0 Å². The van der Waals surface area contributed by atoms with Crippen LogP contribution in [0.4, 0.5) is 0 Å². The summed E-state index contributed by atoms with van der Waals surface area (Å²) < 4.78 is 1.55. The number of aryl methyl sites for hydroxylation is 1. The van der Waals surface area contributed by atoms with Gasteiger partial charge in [0.2, 0.25) is 5.16 Å². The van der Waals surface area contributed by atoms with E-state index in [-0.39, 0.29) is 5.88 Å². The van der Waals surface area contributed by atoms with E-state index in [2.05, 4.69) is 15.5 Å². The normalized spacial score (nSPS) is 13.2. The lowest BCUT2D eigenvalue weighted by Gasteiger charge is -2.03.